The van der Waals surface area contributed by atoms with Crippen molar-refractivity contribution in [2.45, 2.75) is 13.3 Å². The minimum absolute atomic E-state index is 0.0926. The molecule has 1 heterocycles. The summed E-state index contributed by atoms with van der Waals surface area (Å²) in [5.41, 5.74) is 0.639. The first kappa shape index (κ1) is 6.26. The summed E-state index contributed by atoms with van der Waals surface area (Å²) in [5.74, 6) is 0. The quantitative estimate of drug-likeness (QED) is 0.601. The molecule has 0 aromatic carbocycles. The highest BCUT2D eigenvalue weighted by Gasteiger charge is 2.09. The molecule has 0 bridgehead atoms. The number of nitrogens with one attached hydrogen (secondary N) is 1. The lowest BCUT2D eigenvalue weighted by Crippen LogP contribution is -1.82. The second kappa shape index (κ2) is 2.17. The van der Waals surface area contributed by atoms with E-state index < -0.39 is 6.43 Å². The lowest BCUT2D eigenvalue weighted by atomic mass is 10.3. The monoisotopic (exact) mass is 131 g/mol. The van der Waals surface area contributed by atoms with Crippen LogP contribution in [0.5, 0.6) is 0 Å². The first-order valence-corrected chi connectivity index (χ1v) is 2.64. The zero-order valence-corrected chi connectivity index (χ0v) is 4.99. The van der Waals surface area contributed by atoms with Gasteiger partial charge in [0.1, 0.15) is 0 Å². The van der Waals surface area contributed by atoms with Crippen LogP contribution in [0.3, 0.4) is 0 Å². The highest BCUT2D eigenvalue weighted by molar-refractivity contribution is 5.19. The van der Waals surface area contributed by atoms with Gasteiger partial charge in [-0.15, -0.1) is 0 Å². The molecule has 1 rings (SSSR count). The van der Waals surface area contributed by atoms with E-state index in [-0.39, 0.29) is 5.56 Å². The van der Waals surface area contributed by atoms with Crippen molar-refractivity contribution < 1.29 is 8.78 Å². The highest BCUT2D eigenvalue weighted by Crippen LogP contribution is 2.20. The van der Waals surface area contributed by atoms with E-state index in [4.69, 9.17) is 0 Å². The van der Waals surface area contributed by atoms with Crippen LogP contribution >= 0.6 is 0 Å². The number of rotatable bonds is 1. The number of H-pyrrole nitrogens is 1. The van der Waals surface area contributed by atoms with Crippen molar-refractivity contribution >= 4 is 0 Å². The van der Waals surface area contributed by atoms with Crippen molar-refractivity contribution in [1.29, 1.82) is 0 Å². The van der Waals surface area contributed by atoms with Gasteiger partial charge in [-0.1, -0.05) is 0 Å². The molecule has 0 amide bonds. The summed E-state index contributed by atoms with van der Waals surface area (Å²) in [6, 6.07) is 1.39. The number of halogens is 2. The van der Waals surface area contributed by atoms with Gasteiger partial charge in [0.05, 0.1) is 0 Å². The fraction of sp³-hybridized carbons (Fsp3) is 0.333. The van der Waals surface area contributed by atoms with E-state index in [1.54, 1.807) is 6.92 Å². The third kappa shape index (κ3) is 1.09. The SMILES string of the molecule is Cc1[nH]ccc1C(F)F. The van der Waals surface area contributed by atoms with Crippen LogP contribution in [0.15, 0.2) is 12.3 Å². The Kier molecular flexibility index (Phi) is 1.51. The summed E-state index contributed by atoms with van der Waals surface area (Å²) in [6.45, 7) is 1.63. The Morgan fingerprint density at radius 2 is 2.22 bits per heavy atom. The summed E-state index contributed by atoms with van der Waals surface area (Å²) in [7, 11) is 0. The fourth-order valence-corrected chi connectivity index (χ4v) is 0.701. The van der Waals surface area contributed by atoms with Crippen molar-refractivity contribution in [2.24, 2.45) is 0 Å². The van der Waals surface area contributed by atoms with Crippen LogP contribution < -0.4 is 0 Å². The van der Waals surface area contributed by atoms with E-state index in [1.807, 2.05) is 0 Å². The predicted octanol–water partition coefficient (Wildman–Crippen LogP) is 2.26. The minimum atomic E-state index is -2.35. The average molecular weight is 131 g/mol. The molecule has 9 heavy (non-hydrogen) atoms. The topological polar surface area (TPSA) is 15.8 Å². The number of aromatic amines is 1. The molecular formula is C6H7F2N. The zero-order valence-electron chi connectivity index (χ0n) is 4.99. The molecule has 1 N–H and O–H groups in total. The minimum Gasteiger partial charge on any atom is -0.365 e. The molecule has 0 atom stereocenters. The van der Waals surface area contributed by atoms with Gasteiger partial charge in [0.2, 0.25) is 0 Å². The number of alkyl halides is 2. The molecule has 0 unspecified atom stereocenters. The second-order valence-corrected chi connectivity index (χ2v) is 1.86. The van der Waals surface area contributed by atoms with Gasteiger partial charge in [-0.25, -0.2) is 8.78 Å². The third-order valence-corrected chi connectivity index (χ3v) is 1.23. The molecule has 1 nitrogen and oxygen atoms in total. The van der Waals surface area contributed by atoms with Crippen molar-refractivity contribution in [3.8, 4) is 0 Å². The van der Waals surface area contributed by atoms with E-state index in [0.29, 0.717) is 5.69 Å². The first-order chi connectivity index (χ1) is 4.22. The molecule has 0 spiro atoms. The van der Waals surface area contributed by atoms with Gasteiger partial charge in [0.25, 0.3) is 6.43 Å². The largest absolute Gasteiger partial charge is 0.365 e. The van der Waals surface area contributed by atoms with E-state index in [0.717, 1.165) is 0 Å². The average Bonchev–Trinajstić information content (AvgIpc) is 2.13. The van der Waals surface area contributed by atoms with E-state index in [9.17, 15) is 8.78 Å². The molecule has 0 aliphatic rings. The standard InChI is InChI=1S/C6H7F2N/c1-4-5(6(7)8)2-3-9-4/h2-3,6,9H,1H3. The molecule has 50 valence electrons. The molecule has 0 fully saturated rings. The van der Waals surface area contributed by atoms with Crippen LogP contribution in [0.4, 0.5) is 8.78 Å². The summed E-state index contributed by atoms with van der Waals surface area (Å²) >= 11 is 0. The van der Waals surface area contributed by atoms with Crippen molar-refractivity contribution in [1.82, 2.24) is 4.98 Å². The Morgan fingerprint density at radius 1 is 1.56 bits per heavy atom. The van der Waals surface area contributed by atoms with Gasteiger partial charge in [0.15, 0.2) is 0 Å². The molecular weight excluding hydrogens is 124 g/mol. The number of aryl methyl sites for hydroxylation is 1. The Bertz CT molecular complexity index is 193. The molecule has 0 saturated heterocycles. The Morgan fingerprint density at radius 3 is 2.44 bits per heavy atom. The number of aromatic nitrogens is 1. The van der Waals surface area contributed by atoms with Crippen LogP contribution in [-0.4, -0.2) is 4.98 Å². The molecule has 0 aliphatic carbocycles. The first-order valence-electron chi connectivity index (χ1n) is 2.64. The van der Waals surface area contributed by atoms with Gasteiger partial charge >= 0.3 is 0 Å². The Hall–Kier alpha value is -0.860. The van der Waals surface area contributed by atoms with Gasteiger partial charge in [-0.2, -0.15) is 0 Å². The molecule has 1 aromatic heterocycles. The van der Waals surface area contributed by atoms with Crippen LogP contribution in [0.2, 0.25) is 0 Å². The highest BCUT2D eigenvalue weighted by atomic mass is 19.3. The summed E-state index contributed by atoms with van der Waals surface area (Å²) < 4.78 is 23.7. The maximum Gasteiger partial charge on any atom is 0.265 e. The zero-order chi connectivity index (χ0) is 6.85. The van der Waals surface area contributed by atoms with Crippen LogP contribution in [-0.2, 0) is 0 Å². The van der Waals surface area contributed by atoms with E-state index in [1.165, 1.54) is 12.3 Å². The van der Waals surface area contributed by atoms with Crippen molar-refractivity contribution in [3.63, 3.8) is 0 Å². The van der Waals surface area contributed by atoms with Gasteiger partial charge in [-0.05, 0) is 13.0 Å². The second-order valence-electron chi connectivity index (χ2n) is 1.86. The van der Waals surface area contributed by atoms with Gasteiger partial charge < -0.3 is 4.98 Å². The maximum absolute atomic E-state index is 11.8. The summed E-state index contributed by atoms with van der Waals surface area (Å²) in [5, 5.41) is 0. The van der Waals surface area contributed by atoms with Gasteiger partial charge in [-0.3, -0.25) is 0 Å². The number of hydrogen-bond acceptors (Lipinski definition) is 0. The molecule has 0 aliphatic heterocycles. The van der Waals surface area contributed by atoms with Gasteiger partial charge in [0, 0.05) is 17.5 Å². The Balaban J connectivity index is 2.94. The van der Waals surface area contributed by atoms with Crippen LogP contribution in [0.25, 0.3) is 0 Å². The van der Waals surface area contributed by atoms with E-state index in [2.05, 4.69) is 4.98 Å². The fourth-order valence-electron chi connectivity index (χ4n) is 0.701. The third-order valence-electron chi connectivity index (χ3n) is 1.23. The lowest BCUT2D eigenvalue weighted by Gasteiger charge is -1.93. The van der Waals surface area contributed by atoms with Crippen molar-refractivity contribution in [2.75, 3.05) is 0 Å². The normalized spacial score (nSPS) is 10.7. The summed E-state index contributed by atoms with van der Waals surface area (Å²) in [6.07, 6.45) is -0.840. The lowest BCUT2D eigenvalue weighted by molar-refractivity contribution is 0.151. The Labute approximate surface area is 51.7 Å². The predicted molar refractivity (Wildman–Crippen MR) is 30.5 cm³/mol. The summed E-state index contributed by atoms with van der Waals surface area (Å²) in [4.78, 5) is 2.67. The number of hydrogen-bond donors (Lipinski definition) is 1. The molecule has 0 radical (unpaired) electrons. The van der Waals surface area contributed by atoms with Crippen LogP contribution in [0, 0.1) is 6.92 Å². The molecule has 0 saturated carbocycles. The van der Waals surface area contributed by atoms with Crippen LogP contribution in [0.1, 0.15) is 17.7 Å². The smallest absolute Gasteiger partial charge is 0.265 e. The van der Waals surface area contributed by atoms with E-state index >= 15 is 0 Å². The van der Waals surface area contributed by atoms with Crippen molar-refractivity contribution in [3.05, 3.63) is 23.5 Å². The molecule has 1 aromatic rings. The maximum atomic E-state index is 11.8. The molecule has 3 heteroatoms.